The topological polar surface area (TPSA) is 36.4 Å². The van der Waals surface area contributed by atoms with E-state index in [1.807, 2.05) is 0 Å². The highest BCUT2D eigenvalue weighted by molar-refractivity contribution is 7.11. The smallest absolute Gasteiger partial charge is 0.122 e. The summed E-state index contributed by atoms with van der Waals surface area (Å²) in [7, 11) is 0. The summed E-state index contributed by atoms with van der Waals surface area (Å²) in [6.07, 6.45) is 1.83. The summed E-state index contributed by atoms with van der Waals surface area (Å²) in [5, 5.41) is 10.3. The summed E-state index contributed by atoms with van der Waals surface area (Å²) in [6.45, 7) is 7.30. The van der Waals surface area contributed by atoms with Crippen LogP contribution in [0.25, 0.3) is 0 Å². The van der Waals surface area contributed by atoms with Crippen molar-refractivity contribution in [3.63, 3.8) is 0 Å². The van der Waals surface area contributed by atoms with Crippen molar-refractivity contribution in [3.05, 3.63) is 15.6 Å². The molecule has 0 fully saturated rings. The van der Waals surface area contributed by atoms with Gasteiger partial charge in [0.05, 0.1) is 5.69 Å². The van der Waals surface area contributed by atoms with Crippen molar-refractivity contribution in [2.75, 3.05) is 13.1 Å². The van der Waals surface area contributed by atoms with Gasteiger partial charge in [0.1, 0.15) is 11.1 Å². The Kier molecular flexibility index (Phi) is 3.38. The third-order valence-electron chi connectivity index (χ3n) is 2.72. The average molecular weight is 226 g/mol. The minimum Gasteiger partial charge on any atom is -0.386 e. The molecule has 0 amide bonds. The number of nitrogens with zero attached hydrogens (tertiary/aromatic N) is 2. The highest BCUT2D eigenvalue weighted by atomic mass is 32.1. The molecule has 84 valence electrons. The molecule has 1 atom stereocenters. The van der Waals surface area contributed by atoms with Crippen LogP contribution >= 0.6 is 11.3 Å². The molecule has 1 aromatic rings. The van der Waals surface area contributed by atoms with Crippen molar-refractivity contribution >= 4 is 11.3 Å². The van der Waals surface area contributed by atoms with E-state index in [0.717, 1.165) is 24.5 Å². The largest absolute Gasteiger partial charge is 0.386 e. The van der Waals surface area contributed by atoms with Crippen molar-refractivity contribution < 1.29 is 5.11 Å². The van der Waals surface area contributed by atoms with Gasteiger partial charge < -0.3 is 5.11 Å². The molecule has 1 aliphatic rings. The number of hydrogen-bond donors (Lipinski definition) is 1. The Morgan fingerprint density at radius 3 is 3.07 bits per heavy atom. The summed E-state index contributed by atoms with van der Waals surface area (Å²) in [5.41, 5.74) is 1.21. The van der Waals surface area contributed by atoms with Crippen LogP contribution in [0.1, 0.15) is 42.0 Å². The van der Waals surface area contributed by atoms with Crippen LogP contribution in [0.3, 0.4) is 0 Å². The summed E-state index contributed by atoms with van der Waals surface area (Å²) in [4.78, 5) is 8.30. The molecule has 0 aromatic carbocycles. The van der Waals surface area contributed by atoms with E-state index in [2.05, 4.69) is 16.8 Å². The zero-order chi connectivity index (χ0) is 10.8. The van der Waals surface area contributed by atoms with Gasteiger partial charge in [0, 0.05) is 24.4 Å². The number of aromatic nitrogens is 1. The number of fused-ring (bicyclic) bond motifs is 1. The molecule has 1 unspecified atom stereocenters. The quantitative estimate of drug-likeness (QED) is 0.856. The van der Waals surface area contributed by atoms with Crippen LogP contribution in [0.2, 0.25) is 0 Å². The Morgan fingerprint density at radius 1 is 1.60 bits per heavy atom. The number of thiazole rings is 1. The fraction of sp³-hybridized carbons (Fsp3) is 0.727. The van der Waals surface area contributed by atoms with Gasteiger partial charge in [-0.2, -0.15) is 0 Å². The Hall–Kier alpha value is -0.450. The lowest BCUT2D eigenvalue weighted by Crippen LogP contribution is -2.30. The molecule has 1 N–H and O–H groups in total. The predicted octanol–water partition coefficient (Wildman–Crippen LogP) is 1.96. The van der Waals surface area contributed by atoms with E-state index in [1.165, 1.54) is 23.5 Å². The van der Waals surface area contributed by atoms with Gasteiger partial charge in [-0.15, -0.1) is 11.3 Å². The first-order chi connectivity index (χ1) is 7.20. The van der Waals surface area contributed by atoms with Crippen LogP contribution in [0.4, 0.5) is 0 Å². The molecule has 15 heavy (non-hydrogen) atoms. The van der Waals surface area contributed by atoms with Gasteiger partial charge in [-0.1, -0.05) is 6.92 Å². The Bertz CT molecular complexity index is 335. The number of aliphatic hydroxyl groups is 1. The fourth-order valence-corrected chi connectivity index (χ4v) is 3.05. The van der Waals surface area contributed by atoms with Gasteiger partial charge in [0.15, 0.2) is 0 Å². The molecule has 0 saturated carbocycles. The summed E-state index contributed by atoms with van der Waals surface area (Å²) >= 11 is 1.67. The minimum absolute atomic E-state index is 0.416. The maximum Gasteiger partial charge on any atom is 0.122 e. The molecule has 0 aliphatic carbocycles. The van der Waals surface area contributed by atoms with Crippen molar-refractivity contribution in [2.45, 2.75) is 39.3 Å². The van der Waals surface area contributed by atoms with Crippen LogP contribution in [-0.4, -0.2) is 28.1 Å². The molecule has 0 radical (unpaired) electrons. The molecular weight excluding hydrogens is 208 g/mol. The monoisotopic (exact) mass is 226 g/mol. The minimum atomic E-state index is -0.416. The van der Waals surface area contributed by atoms with Crippen LogP contribution in [0.5, 0.6) is 0 Å². The first-order valence-electron chi connectivity index (χ1n) is 5.59. The van der Waals surface area contributed by atoms with Gasteiger partial charge in [-0.05, 0) is 19.9 Å². The molecule has 0 saturated heterocycles. The fourth-order valence-electron chi connectivity index (χ4n) is 1.95. The molecular formula is C11H18N2OS. The van der Waals surface area contributed by atoms with E-state index in [4.69, 9.17) is 0 Å². The zero-order valence-corrected chi connectivity index (χ0v) is 10.2. The second-order valence-corrected chi connectivity index (χ2v) is 5.24. The van der Waals surface area contributed by atoms with Crippen molar-refractivity contribution in [1.29, 1.82) is 0 Å². The van der Waals surface area contributed by atoms with Gasteiger partial charge in [0.2, 0.25) is 0 Å². The lowest BCUT2D eigenvalue weighted by atomic mass is 10.2. The van der Waals surface area contributed by atoms with E-state index in [1.54, 1.807) is 18.3 Å². The van der Waals surface area contributed by atoms with Crippen molar-refractivity contribution in [3.8, 4) is 0 Å². The first kappa shape index (κ1) is 11.0. The molecule has 1 aromatic heterocycles. The first-order valence-corrected chi connectivity index (χ1v) is 6.41. The van der Waals surface area contributed by atoms with E-state index in [9.17, 15) is 5.11 Å². The van der Waals surface area contributed by atoms with Crippen LogP contribution in [0, 0.1) is 0 Å². The molecule has 0 spiro atoms. The van der Waals surface area contributed by atoms with E-state index >= 15 is 0 Å². The van der Waals surface area contributed by atoms with Gasteiger partial charge in [-0.25, -0.2) is 4.98 Å². The van der Waals surface area contributed by atoms with E-state index in [-0.39, 0.29) is 0 Å². The summed E-state index contributed by atoms with van der Waals surface area (Å²) in [6, 6.07) is 0. The lowest BCUT2D eigenvalue weighted by molar-refractivity contribution is 0.198. The third-order valence-corrected chi connectivity index (χ3v) is 3.98. The Morgan fingerprint density at radius 2 is 2.40 bits per heavy atom. The van der Waals surface area contributed by atoms with Crippen molar-refractivity contribution in [1.82, 2.24) is 9.88 Å². The number of rotatable bonds is 3. The Labute approximate surface area is 94.8 Å². The SMILES string of the molecule is CCCN1CCc2nc(C(C)O)sc2C1. The van der Waals surface area contributed by atoms with E-state index in [0.29, 0.717) is 0 Å². The van der Waals surface area contributed by atoms with Crippen LogP contribution < -0.4 is 0 Å². The number of aliphatic hydroxyl groups excluding tert-OH is 1. The standard InChI is InChI=1S/C11H18N2OS/c1-3-5-13-6-4-9-10(7-13)15-11(12-9)8(2)14/h8,14H,3-7H2,1-2H3. The second kappa shape index (κ2) is 4.60. The number of hydrogen-bond acceptors (Lipinski definition) is 4. The van der Waals surface area contributed by atoms with Crippen LogP contribution in [-0.2, 0) is 13.0 Å². The zero-order valence-electron chi connectivity index (χ0n) is 9.36. The molecule has 1 aliphatic heterocycles. The van der Waals surface area contributed by atoms with Gasteiger partial charge in [-0.3, -0.25) is 4.90 Å². The average Bonchev–Trinajstić information content (AvgIpc) is 2.61. The highest BCUT2D eigenvalue weighted by Gasteiger charge is 2.21. The molecule has 0 bridgehead atoms. The van der Waals surface area contributed by atoms with Crippen molar-refractivity contribution in [2.24, 2.45) is 0 Å². The lowest BCUT2D eigenvalue weighted by Gasteiger charge is -2.25. The predicted molar refractivity (Wildman–Crippen MR) is 62.0 cm³/mol. The summed E-state index contributed by atoms with van der Waals surface area (Å²) < 4.78 is 0. The maximum atomic E-state index is 9.48. The van der Waals surface area contributed by atoms with E-state index < -0.39 is 6.10 Å². The molecule has 2 heterocycles. The second-order valence-electron chi connectivity index (χ2n) is 4.12. The summed E-state index contributed by atoms with van der Waals surface area (Å²) in [5.74, 6) is 0. The maximum absolute atomic E-state index is 9.48. The molecule has 4 heteroatoms. The van der Waals surface area contributed by atoms with Crippen LogP contribution in [0.15, 0.2) is 0 Å². The van der Waals surface area contributed by atoms with Gasteiger partial charge >= 0.3 is 0 Å². The molecule has 3 nitrogen and oxygen atoms in total. The Balaban J connectivity index is 2.12. The highest BCUT2D eigenvalue weighted by Crippen LogP contribution is 2.28. The van der Waals surface area contributed by atoms with Gasteiger partial charge in [0.25, 0.3) is 0 Å². The molecule has 2 rings (SSSR count). The third kappa shape index (κ3) is 2.38. The normalized spacial score (nSPS) is 18.9.